The van der Waals surface area contributed by atoms with Crippen LogP contribution in [0.3, 0.4) is 0 Å². The third-order valence-corrected chi connectivity index (χ3v) is 4.03. The van der Waals surface area contributed by atoms with Crippen molar-refractivity contribution < 1.29 is 20.4 Å². The van der Waals surface area contributed by atoms with E-state index < -0.39 is 5.97 Å². The Morgan fingerprint density at radius 1 is 1.71 bits per heavy atom. The lowest BCUT2D eigenvalue weighted by atomic mass is 10.1. The molecular weight excluding hydrogens is 228 g/mol. The van der Waals surface area contributed by atoms with Gasteiger partial charge in [0, 0.05) is 5.75 Å². The van der Waals surface area contributed by atoms with E-state index in [1.165, 1.54) is 11.8 Å². The van der Waals surface area contributed by atoms with E-state index in [2.05, 4.69) is 5.73 Å². The van der Waals surface area contributed by atoms with E-state index >= 15 is 0 Å². The number of thioether (sulfide) groups is 1. The summed E-state index contributed by atoms with van der Waals surface area (Å²) >= 11 is 7.12. The smallest absolute Gasteiger partial charge is 0.289 e. The molecule has 7 heteroatoms. The van der Waals surface area contributed by atoms with Crippen molar-refractivity contribution in [1.82, 2.24) is 4.90 Å². The fourth-order valence-corrected chi connectivity index (χ4v) is 3.04. The van der Waals surface area contributed by atoms with Gasteiger partial charge in [-0.25, -0.2) is 0 Å². The molecule has 0 bridgehead atoms. The maximum absolute atomic E-state index is 11.3. The third kappa shape index (κ3) is 1.14. The van der Waals surface area contributed by atoms with Crippen molar-refractivity contribution >= 4 is 35.2 Å². The van der Waals surface area contributed by atoms with Crippen LogP contribution in [0.2, 0.25) is 0 Å². The number of quaternary nitrogens is 1. The molecule has 1 saturated heterocycles. The molecule has 1 fully saturated rings. The van der Waals surface area contributed by atoms with Crippen molar-refractivity contribution in [2.45, 2.75) is 11.4 Å². The first kappa shape index (κ1) is 9.82. The Morgan fingerprint density at radius 3 is 2.93 bits per heavy atom. The van der Waals surface area contributed by atoms with E-state index in [1.807, 2.05) is 0 Å². The zero-order chi connectivity index (χ0) is 10.5. The molecule has 0 radical (unpaired) electrons. The van der Waals surface area contributed by atoms with Gasteiger partial charge in [0.05, 0.1) is 16.7 Å². The molecule has 1 amide bonds. The minimum atomic E-state index is -1.40. The van der Waals surface area contributed by atoms with Crippen LogP contribution in [0.5, 0.6) is 0 Å². The molecule has 3 N–H and O–H groups in total. The Morgan fingerprint density at radius 2 is 2.36 bits per heavy atom. The van der Waals surface area contributed by atoms with Gasteiger partial charge in [0.2, 0.25) is 0 Å². The van der Waals surface area contributed by atoms with E-state index in [9.17, 15) is 14.7 Å². The first-order valence-corrected chi connectivity index (χ1v) is 5.34. The van der Waals surface area contributed by atoms with Gasteiger partial charge in [-0.05, 0) is 0 Å². The van der Waals surface area contributed by atoms with Gasteiger partial charge >= 0.3 is 0 Å². The van der Waals surface area contributed by atoms with Crippen molar-refractivity contribution in [3.63, 3.8) is 0 Å². The number of fused-ring (bicyclic) bond motifs is 1. The summed E-state index contributed by atoms with van der Waals surface area (Å²) in [6.07, 6.45) is 0. The second-order valence-electron chi connectivity index (χ2n) is 3.06. The first-order chi connectivity index (χ1) is 6.54. The molecule has 2 rings (SSSR count). The highest BCUT2D eigenvalue weighted by Crippen LogP contribution is 2.39. The summed E-state index contributed by atoms with van der Waals surface area (Å²) in [5, 5.41) is 10.7. The molecule has 0 saturated carbocycles. The number of β-lactam (4-membered cyclic amide) rings is 1. The van der Waals surface area contributed by atoms with Crippen LogP contribution in [0.4, 0.5) is 0 Å². The van der Waals surface area contributed by atoms with Gasteiger partial charge in [-0.2, -0.15) is 0 Å². The molecule has 2 aliphatic heterocycles. The highest BCUT2D eigenvalue weighted by atomic mass is 35.5. The maximum atomic E-state index is 11.3. The lowest BCUT2D eigenvalue weighted by Gasteiger charge is -2.46. The van der Waals surface area contributed by atoms with Gasteiger partial charge in [0.25, 0.3) is 5.91 Å². The SMILES string of the molecule is [NH3+]C1C(=O)N2C(C(=O)[O-])=C(Cl)CSC12. The molecule has 2 unspecified atom stereocenters. The van der Waals surface area contributed by atoms with E-state index in [0.717, 1.165) is 4.90 Å². The average Bonchev–Trinajstić information content (AvgIpc) is 2.15. The summed E-state index contributed by atoms with van der Waals surface area (Å²) in [4.78, 5) is 23.2. The number of hydrogen-bond donors (Lipinski definition) is 1. The molecule has 0 aliphatic carbocycles. The lowest BCUT2D eigenvalue weighted by molar-refractivity contribution is -0.424. The lowest BCUT2D eigenvalue weighted by Crippen LogP contribution is -2.83. The number of carbonyl (C=O) groups excluding carboxylic acids is 2. The Hall–Kier alpha value is -0.720. The second kappa shape index (κ2) is 3.15. The van der Waals surface area contributed by atoms with Crippen molar-refractivity contribution in [2.75, 3.05) is 5.75 Å². The first-order valence-electron chi connectivity index (χ1n) is 3.91. The predicted molar refractivity (Wildman–Crippen MR) is 47.7 cm³/mol. The molecular formula is C7H7ClN2O3S. The number of halogens is 1. The summed E-state index contributed by atoms with van der Waals surface area (Å²) in [5.74, 6) is -1.31. The molecule has 2 aliphatic rings. The van der Waals surface area contributed by atoms with Gasteiger partial charge in [-0.15, -0.1) is 11.8 Å². The van der Waals surface area contributed by atoms with Crippen LogP contribution in [0.15, 0.2) is 10.7 Å². The number of amides is 1. The molecule has 2 atom stereocenters. The molecule has 5 nitrogen and oxygen atoms in total. The van der Waals surface area contributed by atoms with E-state index in [4.69, 9.17) is 11.6 Å². The minimum Gasteiger partial charge on any atom is -0.543 e. The number of nitrogens with zero attached hydrogens (tertiary/aromatic N) is 1. The Bertz CT molecular complexity index is 357. The minimum absolute atomic E-state index is 0.159. The average molecular weight is 235 g/mol. The highest BCUT2D eigenvalue weighted by Gasteiger charge is 2.53. The summed E-state index contributed by atoms with van der Waals surface area (Å²) in [6, 6.07) is -0.376. The van der Waals surface area contributed by atoms with Gasteiger partial charge in [-0.1, -0.05) is 11.6 Å². The molecule has 14 heavy (non-hydrogen) atoms. The summed E-state index contributed by atoms with van der Waals surface area (Å²) in [5.41, 5.74) is 3.44. The number of carboxylic acids is 1. The van der Waals surface area contributed by atoms with Crippen molar-refractivity contribution in [2.24, 2.45) is 0 Å². The quantitative estimate of drug-likeness (QED) is 0.518. The van der Waals surface area contributed by atoms with Gasteiger partial charge in [0.1, 0.15) is 5.37 Å². The van der Waals surface area contributed by atoms with Crippen LogP contribution >= 0.6 is 23.4 Å². The number of hydrogen-bond acceptors (Lipinski definition) is 4. The van der Waals surface area contributed by atoms with Crippen LogP contribution in [-0.4, -0.2) is 33.9 Å². The van der Waals surface area contributed by atoms with Crippen molar-refractivity contribution in [3.05, 3.63) is 10.7 Å². The zero-order valence-electron chi connectivity index (χ0n) is 7.03. The zero-order valence-corrected chi connectivity index (χ0v) is 8.60. The van der Waals surface area contributed by atoms with Crippen molar-refractivity contribution in [1.29, 1.82) is 0 Å². The Kier molecular flexibility index (Phi) is 2.21. The third-order valence-electron chi connectivity index (χ3n) is 2.23. The summed E-state index contributed by atoms with van der Waals surface area (Å²) < 4.78 is 0. The molecule has 0 aromatic heterocycles. The highest BCUT2D eigenvalue weighted by molar-refractivity contribution is 8.00. The number of rotatable bonds is 1. The van der Waals surface area contributed by atoms with Crippen LogP contribution in [0, 0.1) is 0 Å². The van der Waals surface area contributed by atoms with Crippen LogP contribution in [0.1, 0.15) is 0 Å². The topological polar surface area (TPSA) is 88.1 Å². The summed E-state index contributed by atoms with van der Waals surface area (Å²) in [6.45, 7) is 0. The van der Waals surface area contributed by atoms with Crippen LogP contribution < -0.4 is 10.8 Å². The summed E-state index contributed by atoms with van der Waals surface area (Å²) in [7, 11) is 0. The van der Waals surface area contributed by atoms with Crippen LogP contribution in [0.25, 0.3) is 0 Å². The molecule has 2 heterocycles. The number of carboxylic acid groups (broad SMARTS) is 1. The van der Waals surface area contributed by atoms with Gasteiger partial charge in [-0.3, -0.25) is 9.69 Å². The fourth-order valence-electron chi connectivity index (χ4n) is 1.52. The number of aliphatic carboxylic acids is 1. The predicted octanol–water partition coefficient (Wildman–Crippen LogP) is -2.29. The fraction of sp³-hybridized carbons (Fsp3) is 0.429. The molecule has 0 aromatic carbocycles. The normalized spacial score (nSPS) is 31.3. The molecule has 76 valence electrons. The van der Waals surface area contributed by atoms with E-state index in [1.54, 1.807) is 0 Å². The largest absolute Gasteiger partial charge is 0.543 e. The Labute approximate surface area is 88.9 Å². The van der Waals surface area contributed by atoms with E-state index in [-0.39, 0.29) is 28.1 Å². The van der Waals surface area contributed by atoms with Gasteiger partial charge in [0.15, 0.2) is 6.04 Å². The Balaban J connectivity index is 2.37. The molecule has 0 aromatic rings. The van der Waals surface area contributed by atoms with Gasteiger partial charge < -0.3 is 15.6 Å². The van der Waals surface area contributed by atoms with E-state index in [0.29, 0.717) is 5.75 Å². The second-order valence-corrected chi connectivity index (χ2v) is 4.62. The van der Waals surface area contributed by atoms with Crippen LogP contribution in [-0.2, 0) is 9.59 Å². The standard InChI is InChI=1S/C7H7ClN2O3S/c8-2-1-14-6-3(9)5(11)10(6)4(2)7(12)13/h3,6H,1,9H2,(H,12,13). The monoisotopic (exact) mass is 234 g/mol. The molecule has 0 spiro atoms. The number of carbonyl (C=O) groups is 2. The maximum Gasteiger partial charge on any atom is 0.289 e. The van der Waals surface area contributed by atoms with Crippen molar-refractivity contribution in [3.8, 4) is 0 Å².